The number of nitroso groups, excluding NO2 is 1. The second-order valence-corrected chi connectivity index (χ2v) is 3.26. The minimum Gasteiger partial charge on any atom is -0.494 e. The first-order valence-electron chi connectivity index (χ1n) is 3.61. The van der Waals surface area contributed by atoms with E-state index >= 15 is 0 Å². The average Bonchev–Trinajstić information content (AvgIpc) is 2.16. The van der Waals surface area contributed by atoms with Crippen LogP contribution in [0.25, 0.3) is 0 Å². The van der Waals surface area contributed by atoms with Crippen LogP contribution >= 0.6 is 15.9 Å². The number of halogens is 1. The number of ether oxygens (including phenoxy) is 1. The number of anilines is 1. The van der Waals surface area contributed by atoms with Crippen molar-refractivity contribution in [2.75, 3.05) is 19.5 Å². The van der Waals surface area contributed by atoms with Crippen LogP contribution in [0.1, 0.15) is 0 Å². The lowest BCUT2D eigenvalue weighted by Gasteiger charge is -2.08. The molecule has 5 heteroatoms. The van der Waals surface area contributed by atoms with Gasteiger partial charge in [-0.3, -0.25) is 0 Å². The molecule has 0 saturated carbocycles. The topological polar surface area (TPSA) is 50.7 Å². The van der Waals surface area contributed by atoms with Gasteiger partial charge in [0.2, 0.25) is 0 Å². The highest BCUT2D eigenvalue weighted by molar-refractivity contribution is 9.10. The van der Waals surface area contributed by atoms with Crippen LogP contribution in [0.2, 0.25) is 0 Å². The number of rotatable bonds is 3. The highest BCUT2D eigenvalue weighted by Gasteiger charge is 2.10. The third-order valence-corrected chi connectivity index (χ3v) is 2.08. The number of hydrogen-bond acceptors (Lipinski definition) is 4. The molecule has 1 aromatic carbocycles. The van der Waals surface area contributed by atoms with Crippen LogP contribution in [0.3, 0.4) is 0 Å². The fourth-order valence-corrected chi connectivity index (χ4v) is 1.45. The van der Waals surface area contributed by atoms with Crippen molar-refractivity contribution in [3.63, 3.8) is 0 Å². The van der Waals surface area contributed by atoms with Crippen LogP contribution in [0.4, 0.5) is 11.4 Å². The molecule has 1 rings (SSSR count). The van der Waals surface area contributed by atoms with Gasteiger partial charge >= 0.3 is 0 Å². The molecule has 0 amide bonds. The average molecular weight is 245 g/mol. The predicted octanol–water partition coefficient (Wildman–Crippen LogP) is 2.90. The summed E-state index contributed by atoms with van der Waals surface area (Å²) in [5, 5.41) is 5.75. The third-order valence-electron chi connectivity index (χ3n) is 1.62. The fraction of sp³-hybridized carbons (Fsp3) is 0.250. The van der Waals surface area contributed by atoms with Crippen molar-refractivity contribution >= 4 is 27.3 Å². The van der Waals surface area contributed by atoms with E-state index in [1.54, 1.807) is 19.2 Å². The van der Waals surface area contributed by atoms with Crippen LogP contribution in [-0.2, 0) is 0 Å². The molecule has 0 saturated heterocycles. The smallest absolute Gasteiger partial charge is 0.172 e. The molecule has 1 N–H and O–H groups in total. The molecule has 0 aliphatic rings. The Bertz CT molecular complexity index is 303. The van der Waals surface area contributed by atoms with Crippen molar-refractivity contribution in [3.8, 4) is 5.75 Å². The lowest BCUT2D eigenvalue weighted by Crippen LogP contribution is -1.91. The standard InChI is InChI=1S/C8H9BrN2O2/c1-10-6-3-5(9)4-7(13-2)8(6)11-12/h3-4,10H,1-2H3. The normalized spacial score (nSPS) is 9.46. The van der Waals surface area contributed by atoms with Crippen molar-refractivity contribution in [3.05, 3.63) is 21.5 Å². The van der Waals surface area contributed by atoms with Gasteiger partial charge in [0.1, 0.15) is 0 Å². The fourth-order valence-electron chi connectivity index (χ4n) is 1.01. The summed E-state index contributed by atoms with van der Waals surface area (Å²) in [6.07, 6.45) is 0. The van der Waals surface area contributed by atoms with Crippen LogP contribution in [-0.4, -0.2) is 14.2 Å². The van der Waals surface area contributed by atoms with Gasteiger partial charge in [0.15, 0.2) is 11.4 Å². The van der Waals surface area contributed by atoms with Crippen molar-refractivity contribution in [1.82, 2.24) is 0 Å². The number of nitrogens with zero attached hydrogens (tertiary/aromatic N) is 1. The van der Waals surface area contributed by atoms with Gasteiger partial charge in [-0.15, -0.1) is 4.91 Å². The molecule has 1 aromatic rings. The zero-order chi connectivity index (χ0) is 9.84. The summed E-state index contributed by atoms with van der Waals surface area (Å²) < 4.78 is 5.83. The first-order valence-corrected chi connectivity index (χ1v) is 4.41. The van der Waals surface area contributed by atoms with E-state index in [4.69, 9.17) is 4.74 Å². The summed E-state index contributed by atoms with van der Waals surface area (Å²) in [7, 11) is 3.21. The number of hydrogen-bond donors (Lipinski definition) is 1. The lowest BCUT2D eigenvalue weighted by atomic mass is 10.2. The predicted molar refractivity (Wildman–Crippen MR) is 55.7 cm³/mol. The zero-order valence-corrected chi connectivity index (χ0v) is 8.88. The summed E-state index contributed by atoms with van der Waals surface area (Å²) in [4.78, 5) is 10.5. The van der Waals surface area contributed by atoms with Crippen LogP contribution in [0.5, 0.6) is 5.75 Å². The molecule has 0 radical (unpaired) electrons. The Kier molecular flexibility index (Phi) is 3.25. The van der Waals surface area contributed by atoms with Crippen LogP contribution in [0.15, 0.2) is 21.8 Å². The van der Waals surface area contributed by atoms with Crippen molar-refractivity contribution in [1.29, 1.82) is 0 Å². The molecule has 0 aliphatic carbocycles. The molecule has 0 unspecified atom stereocenters. The second kappa shape index (κ2) is 4.23. The highest BCUT2D eigenvalue weighted by atomic mass is 79.9. The van der Waals surface area contributed by atoms with Crippen molar-refractivity contribution in [2.45, 2.75) is 0 Å². The van der Waals surface area contributed by atoms with E-state index < -0.39 is 0 Å². The molecule has 4 nitrogen and oxygen atoms in total. The van der Waals surface area contributed by atoms with E-state index in [2.05, 4.69) is 26.4 Å². The Hall–Kier alpha value is -1.10. The first kappa shape index (κ1) is 9.98. The van der Waals surface area contributed by atoms with E-state index in [-0.39, 0.29) is 5.69 Å². The zero-order valence-electron chi connectivity index (χ0n) is 7.30. The second-order valence-electron chi connectivity index (χ2n) is 2.35. The summed E-state index contributed by atoms with van der Waals surface area (Å²) >= 11 is 3.29. The lowest BCUT2D eigenvalue weighted by molar-refractivity contribution is 0.416. The summed E-state index contributed by atoms with van der Waals surface area (Å²) in [6, 6.07) is 3.46. The molecule has 0 fully saturated rings. The van der Waals surface area contributed by atoms with Gasteiger partial charge in [-0.25, -0.2) is 0 Å². The molecule has 0 atom stereocenters. The van der Waals surface area contributed by atoms with Gasteiger partial charge in [-0.1, -0.05) is 15.9 Å². The number of nitrogens with one attached hydrogen (secondary N) is 1. The quantitative estimate of drug-likeness (QED) is 0.833. The largest absolute Gasteiger partial charge is 0.494 e. The molecule has 13 heavy (non-hydrogen) atoms. The molecule has 0 aromatic heterocycles. The highest BCUT2D eigenvalue weighted by Crippen LogP contribution is 2.37. The van der Waals surface area contributed by atoms with Gasteiger partial charge in [0, 0.05) is 11.5 Å². The van der Waals surface area contributed by atoms with Crippen molar-refractivity contribution in [2.24, 2.45) is 5.18 Å². The Morgan fingerprint density at radius 1 is 1.54 bits per heavy atom. The first-order chi connectivity index (χ1) is 6.22. The maximum Gasteiger partial charge on any atom is 0.172 e. The molecule has 0 heterocycles. The van der Waals surface area contributed by atoms with Crippen molar-refractivity contribution < 1.29 is 4.74 Å². The van der Waals surface area contributed by atoms with E-state index in [9.17, 15) is 4.91 Å². The van der Waals surface area contributed by atoms with Crippen LogP contribution in [0, 0.1) is 4.91 Å². The van der Waals surface area contributed by atoms with Gasteiger partial charge in [-0.2, -0.15) is 0 Å². The Morgan fingerprint density at radius 3 is 2.69 bits per heavy atom. The molecule has 0 aliphatic heterocycles. The Labute approximate surface area is 84.4 Å². The Balaban J connectivity index is 3.33. The minimum absolute atomic E-state index is 0.285. The molecule has 0 spiro atoms. The van der Waals surface area contributed by atoms with Gasteiger partial charge < -0.3 is 10.1 Å². The summed E-state index contributed by atoms with van der Waals surface area (Å²) in [5.41, 5.74) is 0.925. The van der Waals surface area contributed by atoms with E-state index in [1.165, 1.54) is 7.11 Å². The van der Waals surface area contributed by atoms with Crippen LogP contribution < -0.4 is 10.1 Å². The Morgan fingerprint density at radius 2 is 2.23 bits per heavy atom. The molecular weight excluding hydrogens is 236 g/mol. The van der Waals surface area contributed by atoms with E-state index in [0.29, 0.717) is 11.4 Å². The molecular formula is C8H9BrN2O2. The molecule has 70 valence electrons. The van der Waals surface area contributed by atoms with Gasteiger partial charge in [0.25, 0.3) is 0 Å². The number of benzene rings is 1. The maximum absolute atomic E-state index is 10.5. The van der Waals surface area contributed by atoms with E-state index in [1.807, 2.05) is 0 Å². The maximum atomic E-state index is 10.5. The minimum atomic E-state index is 0.285. The number of methoxy groups -OCH3 is 1. The SMILES string of the molecule is CNc1cc(Br)cc(OC)c1N=O. The monoisotopic (exact) mass is 244 g/mol. The molecule has 0 bridgehead atoms. The third kappa shape index (κ3) is 1.98. The summed E-state index contributed by atoms with van der Waals surface area (Å²) in [6.45, 7) is 0. The summed E-state index contributed by atoms with van der Waals surface area (Å²) in [5.74, 6) is 0.453. The van der Waals surface area contributed by atoms with Gasteiger partial charge in [-0.05, 0) is 17.3 Å². The van der Waals surface area contributed by atoms with E-state index in [0.717, 1.165) is 4.47 Å². The van der Waals surface area contributed by atoms with Gasteiger partial charge in [0.05, 0.1) is 12.8 Å².